The van der Waals surface area contributed by atoms with Gasteiger partial charge in [0.05, 0.1) is 0 Å². The van der Waals surface area contributed by atoms with Crippen molar-refractivity contribution in [2.75, 3.05) is 0 Å². The molecule has 0 fully saturated rings. The lowest BCUT2D eigenvalue weighted by molar-refractivity contribution is 0.366. The monoisotopic (exact) mass is 208 g/mol. The van der Waals surface area contributed by atoms with Gasteiger partial charge in [-0.2, -0.15) is 0 Å². The largest absolute Gasteiger partial charge is 0.328 e. The minimum absolute atomic E-state index is 1.25. The summed E-state index contributed by atoms with van der Waals surface area (Å²) in [5.74, 6) is 0. The number of hydrogen-bond acceptors (Lipinski definition) is 6. The summed E-state index contributed by atoms with van der Waals surface area (Å²) in [5.41, 5.74) is 0. The van der Waals surface area contributed by atoms with E-state index < -0.39 is 17.2 Å². The van der Waals surface area contributed by atoms with Crippen molar-refractivity contribution in [3.8, 4) is 0 Å². The normalized spacial score (nSPS) is 8.18. The predicted molar refractivity (Wildman–Crippen MR) is 43.1 cm³/mol. The van der Waals surface area contributed by atoms with E-state index in [1.807, 2.05) is 0 Å². The molecule has 0 amide bonds. The van der Waals surface area contributed by atoms with Crippen LogP contribution in [0.4, 0.5) is 0 Å². The third-order valence-corrected chi connectivity index (χ3v) is 0. The van der Waals surface area contributed by atoms with E-state index in [-0.39, 0.29) is 0 Å². The zero-order valence-electron chi connectivity index (χ0n) is 6.28. The molecule has 6 N–H and O–H groups in total. The van der Waals surface area contributed by atoms with Crippen molar-refractivity contribution in [3.05, 3.63) is 0 Å². The fraction of sp³-hybridized carbons (Fsp3) is 1.00. The molecule has 0 bridgehead atoms. The van der Waals surface area contributed by atoms with Gasteiger partial charge in [-0.1, -0.05) is 20.3 Å². The SMILES string of the molecule is CCC.OP(O)O.OP(O)O. The highest BCUT2D eigenvalue weighted by atomic mass is 31.2. The van der Waals surface area contributed by atoms with Crippen LogP contribution in [0.5, 0.6) is 0 Å². The highest BCUT2D eigenvalue weighted by Gasteiger charge is 1.76. The smallest absolute Gasteiger partial charge is 0.324 e. The molecule has 72 valence electrons. The summed E-state index contributed by atoms with van der Waals surface area (Å²) in [6, 6.07) is 0. The van der Waals surface area contributed by atoms with Crippen molar-refractivity contribution in [2.45, 2.75) is 20.3 Å². The average molecular weight is 208 g/mol. The Balaban J connectivity index is -0.0000000886. The van der Waals surface area contributed by atoms with Crippen LogP contribution in [0, 0.1) is 0 Å². The Bertz CT molecular complexity index is 39.6. The molecule has 0 rings (SSSR count). The minimum atomic E-state index is -2.62. The summed E-state index contributed by atoms with van der Waals surface area (Å²) < 4.78 is 0. The van der Waals surface area contributed by atoms with E-state index in [1.165, 1.54) is 6.42 Å². The van der Waals surface area contributed by atoms with E-state index in [4.69, 9.17) is 29.4 Å². The lowest BCUT2D eigenvalue weighted by Gasteiger charge is -1.76. The van der Waals surface area contributed by atoms with Crippen LogP contribution in [0.1, 0.15) is 20.3 Å². The van der Waals surface area contributed by atoms with Crippen LogP contribution >= 0.6 is 17.2 Å². The molecule has 0 saturated heterocycles. The van der Waals surface area contributed by atoms with E-state index in [0.29, 0.717) is 0 Å². The fourth-order valence-electron chi connectivity index (χ4n) is 0. The molecule has 0 aliphatic carbocycles. The van der Waals surface area contributed by atoms with Gasteiger partial charge in [-0.25, -0.2) is 0 Å². The highest BCUT2D eigenvalue weighted by molar-refractivity contribution is 7.38. The highest BCUT2D eigenvalue weighted by Crippen LogP contribution is 2.12. The van der Waals surface area contributed by atoms with Crippen LogP contribution < -0.4 is 0 Å². The first-order valence-electron chi connectivity index (χ1n) is 2.61. The second-order valence-electron chi connectivity index (χ2n) is 1.24. The molecular weight excluding hydrogens is 194 g/mol. The van der Waals surface area contributed by atoms with Gasteiger partial charge in [-0.15, -0.1) is 0 Å². The Labute approximate surface area is 67.8 Å². The number of hydrogen-bond donors (Lipinski definition) is 6. The van der Waals surface area contributed by atoms with Gasteiger partial charge < -0.3 is 29.4 Å². The van der Waals surface area contributed by atoms with Crippen molar-refractivity contribution >= 4 is 17.2 Å². The quantitative estimate of drug-likeness (QED) is 0.306. The maximum Gasteiger partial charge on any atom is 0.324 e. The molecule has 0 aromatic carbocycles. The third-order valence-electron chi connectivity index (χ3n) is 0. The second kappa shape index (κ2) is 16.9. The molecule has 6 nitrogen and oxygen atoms in total. The summed E-state index contributed by atoms with van der Waals surface area (Å²) in [6.45, 7) is 4.25. The molecule has 0 aromatic heterocycles. The lowest BCUT2D eigenvalue weighted by Crippen LogP contribution is -1.54. The Morgan fingerprint density at radius 3 is 0.727 bits per heavy atom. The van der Waals surface area contributed by atoms with E-state index in [9.17, 15) is 0 Å². The Kier molecular flexibility index (Phi) is 27.1. The number of rotatable bonds is 0. The summed E-state index contributed by atoms with van der Waals surface area (Å²) in [4.78, 5) is 43.4. The fourth-order valence-corrected chi connectivity index (χ4v) is 0. The van der Waals surface area contributed by atoms with E-state index in [2.05, 4.69) is 13.8 Å². The van der Waals surface area contributed by atoms with Gasteiger partial charge in [0.15, 0.2) is 0 Å². The van der Waals surface area contributed by atoms with Gasteiger partial charge in [0.1, 0.15) is 0 Å². The van der Waals surface area contributed by atoms with Crippen LogP contribution in [0.25, 0.3) is 0 Å². The van der Waals surface area contributed by atoms with Crippen LogP contribution in [-0.4, -0.2) is 29.4 Å². The molecule has 0 atom stereocenters. The van der Waals surface area contributed by atoms with Crippen molar-refractivity contribution in [3.63, 3.8) is 0 Å². The van der Waals surface area contributed by atoms with Gasteiger partial charge in [-0.05, 0) is 0 Å². The first-order chi connectivity index (χ1) is 4.88. The first-order valence-corrected chi connectivity index (χ1v) is 5.01. The zero-order chi connectivity index (χ0) is 9.86. The van der Waals surface area contributed by atoms with Gasteiger partial charge in [-0.3, -0.25) is 0 Å². The lowest BCUT2D eigenvalue weighted by atomic mass is 10.6. The maximum absolute atomic E-state index is 7.23. The Hall–Kier alpha value is 0.620. The summed E-state index contributed by atoms with van der Waals surface area (Å²) in [5, 5.41) is 0. The molecule has 8 heteroatoms. The first kappa shape index (κ1) is 17.6. The topological polar surface area (TPSA) is 121 Å². The van der Waals surface area contributed by atoms with Crippen molar-refractivity contribution in [2.24, 2.45) is 0 Å². The molecule has 11 heavy (non-hydrogen) atoms. The van der Waals surface area contributed by atoms with Gasteiger partial charge in [0, 0.05) is 0 Å². The van der Waals surface area contributed by atoms with Crippen molar-refractivity contribution < 1.29 is 29.4 Å². The standard InChI is InChI=1S/C3H8.2H3O3P/c1-3-2;2*1-4(2)3/h3H2,1-2H3;2*1-3H. The van der Waals surface area contributed by atoms with Gasteiger partial charge in [0.25, 0.3) is 0 Å². The molecule has 0 unspecified atom stereocenters. The van der Waals surface area contributed by atoms with Crippen LogP contribution in [0.2, 0.25) is 0 Å². The van der Waals surface area contributed by atoms with Crippen LogP contribution in [-0.2, 0) is 0 Å². The summed E-state index contributed by atoms with van der Waals surface area (Å²) in [7, 11) is -5.24. The minimum Gasteiger partial charge on any atom is -0.328 e. The molecule has 0 radical (unpaired) electrons. The Morgan fingerprint density at radius 1 is 0.727 bits per heavy atom. The predicted octanol–water partition coefficient (Wildman–Crippen LogP) is -0.203. The van der Waals surface area contributed by atoms with Crippen molar-refractivity contribution in [1.29, 1.82) is 0 Å². The van der Waals surface area contributed by atoms with Crippen LogP contribution in [0.15, 0.2) is 0 Å². The molecule has 0 aliphatic heterocycles. The average Bonchev–Trinajstić information content (AvgIpc) is 1.60. The van der Waals surface area contributed by atoms with Gasteiger partial charge >= 0.3 is 17.2 Å². The van der Waals surface area contributed by atoms with E-state index in [1.54, 1.807) is 0 Å². The summed E-state index contributed by atoms with van der Waals surface area (Å²) >= 11 is 0. The Morgan fingerprint density at radius 2 is 0.727 bits per heavy atom. The van der Waals surface area contributed by atoms with E-state index in [0.717, 1.165) is 0 Å². The second-order valence-corrected chi connectivity index (χ2v) is 2.32. The maximum atomic E-state index is 7.23. The molecular formula is C3H14O6P2. The molecule has 0 saturated carbocycles. The van der Waals surface area contributed by atoms with Gasteiger partial charge in [0.2, 0.25) is 0 Å². The molecule has 0 aliphatic rings. The molecule has 0 heterocycles. The zero-order valence-corrected chi connectivity index (χ0v) is 8.07. The summed E-state index contributed by atoms with van der Waals surface area (Å²) in [6.07, 6.45) is 1.25. The molecule has 0 aromatic rings. The van der Waals surface area contributed by atoms with Crippen molar-refractivity contribution in [1.82, 2.24) is 0 Å². The van der Waals surface area contributed by atoms with Crippen LogP contribution in [0.3, 0.4) is 0 Å². The third kappa shape index (κ3) is 2050. The van der Waals surface area contributed by atoms with E-state index >= 15 is 0 Å². The molecule has 0 spiro atoms.